The molecule has 5 rings (SSSR count). The fourth-order valence-electron chi connectivity index (χ4n) is 5.13. The number of nitrogens with zero attached hydrogens (tertiary/aromatic N) is 5. The molecule has 0 radical (unpaired) electrons. The quantitative estimate of drug-likeness (QED) is 0.537. The molecule has 0 atom stereocenters. The number of rotatable bonds is 6. The molecule has 1 saturated carbocycles. The summed E-state index contributed by atoms with van der Waals surface area (Å²) in [5, 5.41) is 5.26. The van der Waals surface area contributed by atoms with Gasteiger partial charge in [0.05, 0.1) is 0 Å². The summed E-state index contributed by atoms with van der Waals surface area (Å²) < 4.78 is 5.72. The van der Waals surface area contributed by atoms with Crippen LogP contribution in [0.3, 0.4) is 0 Å². The number of hydrogen-bond donors (Lipinski definition) is 0. The lowest BCUT2D eigenvalue weighted by Crippen LogP contribution is -2.38. The Hall–Kier alpha value is -2.96. The van der Waals surface area contributed by atoms with E-state index in [1.54, 1.807) is 0 Å². The summed E-state index contributed by atoms with van der Waals surface area (Å²) in [6.07, 6.45) is 8.35. The molecular formula is C26H33N5O2. The fraction of sp³-hybridized carbons (Fsp3) is 0.538. The van der Waals surface area contributed by atoms with Gasteiger partial charge in [0.15, 0.2) is 0 Å². The van der Waals surface area contributed by atoms with Crippen molar-refractivity contribution in [3.8, 4) is 11.3 Å². The van der Waals surface area contributed by atoms with Crippen LogP contribution in [0, 0.1) is 5.92 Å². The Morgan fingerprint density at radius 1 is 1.03 bits per heavy atom. The van der Waals surface area contributed by atoms with E-state index < -0.39 is 0 Å². The first kappa shape index (κ1) is 21.9. The van der Waals surface area contributed by atoms with Gasteiger partial charge in [-0.05, 0) is 25.7 Å². The number of unbranched alkanes of at least 4 members (excludes halogenated alkanes) is 1. The molecule has 1 aromatic carbocycles. The first-order valence-corrected chi connectivity index (χ1v) is 12.5. The van der Waals surface area contributed by atoms with Crippen molar-refractivity contribution in [2.24, 2.45) is 5.92 Å². The molecule has 0 unspecified atom stereocenters. The van der Waals surface area contributed by atoms with E-state index in [-0.39, 0.29) is 5.92 Å². The third-order valence-corrected chi connectivity index (χ3v) is 6.98. The third-order valence-electron chi connectivity index (χ3n) is 6.98. The average Bonchev–Trinajstić information content (AvgIpc) is 3.47. The SMILES string of the molecule is CCCCc1nc(N2CCCN(C(=O)C3CCCC3)CC2)c2c(-c3ccccc3)noc2n1. The van der Waals surface area contributed by atoms with Gasteiger partial charge in [0, 0.05) is 44.1 Å². The van der Waals surface area contributed by atoms with Crippen LogP contribution in [0.25, 0.3) is 22.4 Å². The predicted octanol–water partition coefficient (Wildman–Crippen LogP) is 4.86. The van der Waals surface area contributed by atoms with Gasteiger partial charge in [-0.3, -0.25) is 4.79 Å². The van der Waals surface area contributed by atoms with Crippen molar-refractivity contribution < 1.29 is 9.32 Å². The number of fused-ring (bicyclic) bond motifs is 1. The van der Waals surface area contributed by atoms with Crippen LogP contribution in [-0.4, -0.2) is 52.1 Å². The second-order valence-corrected chi connectivity index (χ2v) is 9.29. The molecule has 2 aliphatic rings. The normalized spacial score (nSPS) is 17.6. The van der Waals surface area contributed by atoms with Crippen LogP contribution in [0.5, 0.6) is 0 Å². The van der Waals surface area contributed by atoms with Crippen LogP contribution in [0.2, 0.25) is 0 Å². The van der Waals surface area contributed by atoms with Gasteiger partial charge in [0.1, 0.15) is 22.7 Å². The highest BCUT2D eigenvalue weighted by atomic mass is 16.5. The van der Waals surface area contributed by atoms with Crippen molar-refractivity contribution in [2.75, 3.05) is 31.1 Å². The zero-order chi connectivity index (χ0) is 22.6. The molecule has 0 N–H and O–H groups in total. The van der Waals surface area contributed by atoms with Crippen molar-refractivity contribution in [2.45, 2.75) is 58.3 Å². The highest BCUT2D eigenvalue weighted by Gasteiger charge is 2.30. The average molecular weight is 448 g/mol. The lowest BCUT2D eigenvalue weighted by molar-refractivity contribution is -0.135. The zero-order valence-electron chi connectivity index (χ0n) is 19.5. The minimum Gasteiger partial charge on any atom is -0.354 e. The van der Waals surface area contributed by atoms with E-state index in [0.29, 0.717) is 11.6 Å². The van der Waals surface area contributed by atoms with Crippen molar-refractivity contribution in [1.29, 1.82) is 0 Å². The number of benzene rings is 1. The third kappa shape index (κ3) is 4.59. The van der Waals surface area contributed by atoms with Crippen LogP contribution in [-0.2, 0) is 11.2 Å². The minimum atomic E-state index is 0.228. The van der Waals surface area contributed by atoms with Crippen molar-refractivity contribution in [3.05, 3.63) is 36.2 Å². The molecule has 0 bridgehead atoms. The Balaban J connectivity index is 1.47. The lowest BCUT2D eigenvalue weighted by atomic mass is 10.1. The highest BCUT2D eigenvalue weighted by molar-refractivity contribution is 5.98. The van der Waals surface area contributed by atoms with Crippen molar-refractivity contribution in [3.63, 3.8) is 0 Å². The van der Waals surface area contributed by atoms with Crippen LogP contribution in [0.1, 0.15) is 57.7 Å². The monoisotopic (exact) mass is 447 g/mol. The number of carbonyl (C=O) groups excluding carboxylic acids is 1. The molecule has 33 heavy (non-hydrogen) atoms. The van der Waals surface area contributed by atoms with E-state index in [2.05, 4.69) is 21.9 Å². The summed E-state index contributed by atoms with van der Waals surface area (Å²) >= 11 is 0. The molecule has 2 fully saturated rings. The van der Waals surface area contributed by atoms with Gasteiger partial charge in [-0.1, -0.05) is 61.7 Å². The second-order valence-electron chi connectivity index (χ2n) is 9.29. The van der Waals surface area contributed by atoms with E-state index >= 15 is 0 Å². The molecule has 1 aliphatic carbocycles. The van der Waals surface area contributed by atoms with Gasteiger partial charge in [-0.2, -0.15) is 4.98 Å². The summed E-state index contributed by atoms with van der Waals surface area (Å²) in [4.78, 5) is 27.2. The topological polar surface area (TPSA) is 75.4 Å². The largest absolute Gasteiger partial charge is 0.354 e. The van der Waals surface area contributed by atoms with E-state index in [1.807, 2.05) is 30.3 Å². The maximum Gasteiger partial charge on any atom is 0.263 e. The Morgan fingerprint density at radius 2 is 1.85 bits per heavy atom. The Kier molecular flexibility index (Phi) is 6.55. The summed E-state index contributed by atoms with van der Waals surface area (Å²) in [5.74, 6) is 2.27. The van der Waals surface area contributed by atoms with Crippen LogP contribution in [0.4, 0.5) is 5.82 Å². The molecule has 7 heteroatoms. The van der Waals surface area contributed by atoms with Crippen LogP contribution < -0.4 is 4.90 Å². The molecule has 2 aromatic heterocycles. The van der Waals surface area contributed by atoms with Gasteiger partial charge in [0.2, 0.25) is 5.91 Å². The van der Waals surface area contributed by atoms with Crippen molar-refractivity contribution in [1.82, 2.24) is 20.0 Å². The molecule has 174 valence electrons. The molecule has 3 heterocycles. The van der Waals surface area contributed by atoms with Crippen LogP contribution in [0.15, 0.2) is 34.9 Å². The lowest BCUT2D eigenvalue weighted by Gasteiger charge is -2.25. The fourth-order valence-corrected chi connectivity index (χ4v) is 5.13. The van der Waals surface area contributed by atoms with Crippen molar-refractivity contribution >= 4 is 22.8 Å². The second kappa shape index (κ2) is 9.89. The predicted molar refractivity (Wildman–Crippen MR) is 129 cm³/mol. The molecule has 1 amide bonds. The summed E-state index contributed by atoms with van der Waals surface area (Å²) in [7, 11) is 0. The summed E-state index contributed by atoms with van der Waals surface area (Å²) in [5.41, 5.74) is 2.33. The van der Waals surface area contributed by atoms with E-state index in [4.69, 9.17) is 14.5 Å². The Morgan fingerprint density at radius 3 is 2.64 bits per heavy atom. The number of carbonyl (C=O) groups is 1. The number of aryl methyl sites for hydroxylation is 1. The maximum atomic E-state index is 13.0. The minimum absolute atomic E-state index is 0.228. The van der Waals surface area contributed by atoms with E-state index in [0.717, 1.165) is 93.0 Å². The summed E-state index contributed by atoms with van der Waals surface area (Å²) in [6.45, 7) is 5.34. The van der Waals surface area contributed by atoms with Gasteiger partial charge in [-0.15, -0.1) is 0 Å². The van der Waals surface area contributed by atoms with Gasteiger partial charge >= 0.3 is 0 Å². The van der Waals surface area contributed by atoms with Gasteiger partial charge in [-0.25, -0.2) is 4.98 Å². The number of amides is 1. The van der Waals surface area contributed by atoms with E-state index in [1.165, 1.54) is 12.8 Å². The Labute approximate surface area is 195 Å². The van der Waals surface area contributed by atoms with E-state index in [9.17, 15) is 4.79 Å². The molecule has 3 aromatic rings. The van der Waals surface area contributed by atoms with Crippen LogP contribution >= 0.6 is 0 Å². The zero-order valence-corrected chi connectivity index (χ0v) is 19.5. The number of hydrogen-bond acceptors (Lipinski definition) is 6. The first-order valence-electron chi connectivity index (χ1n) is 12.5. The van der Waals surface area contributed by atoms with Gasteiger partial charge in [0.25, 0.3) is 5.71 Å². The molecule has 1 saturated heterocycles. The van der Waals surface area contributed by atoms with Gasteiger partial charge < -0.3 is 14.3 Å². The number of anilines is 1. The molecule has 0 spiro atoms. The smallest absolute Gasteiger partial charge is 0.263 e. The standard InChI is InChI=1S/C26H33N5O2/c1-2-3-14-21-27-24(22-23(29-33-25(22)28-21)19-10-5-4-6-11-19)30-15-9-16-31(18-17-30)26(32)20-12-7-8-13-20/h4-6,10-11,20H,2-3,7-9,12-18H2,1H3. The highest BCUT2D eigenvalue weighted by Crippen LogP contribution is 2.34. The Bertz CT molecular complexity index is 1090. The maximum absolute atomic E-state index is 13.0. The molecular weight excluding hydrogens is 414 g/mol. The summed E-state index contributed by atoms with van der Waals surface area (Å²) in [6, 6.07) is 10.1. The number of aromatic nitrogens is 3. The first-order chi connectivity index (χ1) is 16.2. The molecule has 7 nitrogen and oxygen atoms in total. The molecule has 1 aliphatic heterocycles.